The Morgan fingerprint density at radius 3 is 2.45 bits per heavy atom. The zero-order valence-corrected chi connectivity index (χ0v) is 17.7. The number of rotatable bonds is 5. The van der Waals surface area contributed by atoms with Crippen LogP contribution in [0.1, 0.15) is 11.1 Å². The molecule has 1 aliphatic rings. The minimum atomic E-state index is 0.118. The molecular weight excluding hydrogens is 406 g/mol. The van der Waals surface area contributed by atoms with Crippen molar-refractivity contribution in [1.82, 2.24) is 24.6 Å². The average Bonchev–Trinajstić information content (AvgIpc) is 3.27. The van der Waals surface area contributed by atoms with Crippen LogP contribution in [-0.4, -0.2) is 42.9 Å². The zero-order chi connectivity index (χ0) is 21.0. The zero-order valence-electron chi connectivity index (χ0n) is 16.9. The lowest BCUT2D eigenvalue weighted by Gasteiger charge is -2.28. The van der Waals surface area contributed by atoms with Crippen LogP contribution in [-0.2, 0) is 17.8 Å². The van der Waals surface area contributed by atoms with Crippen molar-refractivity contribution >= 4 is 17.7 Å². The van der Waals surface area contributed by atoms with Gasteiger partial charge in [0, 0.05) is 36.7 Å². The molecule has 0 aliphatic carbocycles. The average molecular weight is 428 g/mol. The Morgan fingerprint density at radius 2 is 1.65 bits per heavy atom. The normalized spacial score (nSPS) is 13.1. The molecule has 5 rings (SSSR count). The predicted molar refractivity (Wildman–Crippen MR) is 121 cm³/mol. The van der Waals surface area contributed by atoms with Crippen molar-refractivity contribution in [2.24, 2.45) is 0 Å². The third kappa shape index (κ3) is 4.09. The van der Waals surface area contributed by atoms with Crippen LogP contribution in [0.4, 0.5) is 0 Å². The summed E-state index contributed by atoms with van der Waals surface area (Å²) in [6, 6.07) is 22.1. The van der Waals surface area contributed by atoms with E-state index in [9.17, 15) is 4.79 Å². The van der Waals surface area contributed by atoms with Crippen LogP contribution >= 0.6 is 11.8 Å². The highest BCUT2D eigenvalue weighted by Crippen LogP contribution is 2.28. The fraction of sp³-hybridized carbons (Fsp3) is 0.167. The summed E-state index contributed by atoms with van der Waals surface area (Å²) in [5.41, 5.74) is 4.46. The monoisotopic (exact) mass is 427 g/mol. The lowest BCUT2D eigenvalue weighted by atomic mass is 10.00. The van der Waals surface area contributed by atoms with Crippen LogP contribution in [0.3, 0.4) is 0 Å². The van der Waals surface area contributed by atoms with Crippen molar-refractivity contribution < 1.29 is 4.79 Å². The summed E-state index contributed by atoms with van der Waals surface area (Å²) in [6.45, 7) is 1.42. The van der Waals surface area contributed by atoms with Gasteiger partial charge in [-0.2, -0.15) is 0 Å². The summed E-state index contributed by atoms with van der Waals surface area (Å²) in [6.07, 6.45) is 4.38. The fourth-order valence-electron chi connectivity index (χ4n) is 3.79. The molecule has 0 unspecified atom stereocenters. The number of pyridine rings is 1. The van der Waals surface area contributed by atoms with Gasteiger partial charge in [-0.15, -0.1) is 10.2 Å². The molecule has 0 saturated carbocycles. The highest BCUT2D eigenvalue weighted by Gasteiger charge is 2.22. The molecule has 4 aromatic rings. The van der Waals surface area contributed by atoms with Crippen molar-refractivity contribution in [3.8, 4) is 17.1 Å². The summed E-state index contributed by atoms with van der Waals surface area (Å²) in [4.78, 5) is 19.0. The Balaban J connectivity index is 1.37. The van der Waals surface area contributed by atoms with Gasteiger partial charge < -0.3 is 4.90 Å². The van der Waals surface area contributed by atoms with Gasteiger partial charge in [-0.25, -0.2) is 0 Å². The maximum atomic E-state index is 12.9. The van der Waals surface area contributed by atoms with Gasteiger partial charge >= 0.3 is 0 Å². The second-order valence-corrected chi connectivity index (χ2v) is 8.28. The second kappa shape index (κ2) is 8.73. The molecular formula is C24H21N5OS. The minimum Gasteiger partial charge on any atom is -0.337 e. The van der Waals surface area contributed by atoms with Crippen LogP contribution < -0.4 is 0 Å². The summed E-state index contributed by atoms with van der Waals surface area (Å²) >= 11 is 1.42. The van der Waals surface area contributed by atoms with E-state index in [-0.39, 0.29) is 5.91 Å². The standard InChI is InChI=1S/C24H21N5OS/c30-22(28-15-12-18-6-4-5-7-20(18)16-28)17-31-24-27-26-23(19-10-13-25-14-11-19)29(24)21-8-2-1-3-9-21/h1-11,13-14H,12,15-17H2. The van der Waals surface area contributed by atoms with Crippen molar-refractivity contribution in [1.29, 1.82) is 0 Å². The van der Waals surface area contributed by atoms with Gasteiger partial charge in [0.2, 0.25) is 5.91 Å². The number of aromatic nitrogens is 4. The van der Waals surface area contributed by atoms with Crippen molar-refractivity contribution in [3.05, 3.63) is 90.3 Å². The van der Waals surface area contributed by atoms with Gasteiger partial charge in [0.25, 0.3) is 0 Å². The number of carbonyl (C=O) groups is 1. The van der Waals surface area contributed by atoms with Crippen LogP contribution in [0.15, 0.2) is 84.3 Å². The SMILES string of the molecule is O=C(CSc1nnc(-c2ccncc2)n1-c1ccccc1)N1CCc2ccccc2C1. The Morgan fingerprint density at radius 1 is 0.903 bits per heavy atom. The number of amides is 1. The van der Waals surface area contributed by atoms with E-state index in [1.165, 1.54) is 22.9 Å². The fourth-order valence-corrected chi connectivity index (χ4v) is 4.64. The molecule has 3 heterocycles. The summed E-state index contributed by atoms with van der Waals surface area (Å²) < 4.78 is 2.00. The van der Waals surface area contributed by atoms with E-state index in [4.69, 9.17) is 0 Å². The van der Waals surface area contributed by atoms with Gasteiger partial charge in [0.15, 0.2) is 11.0 Å². The molecule has 2 aromatic heterocycles. The van der Waals surface area contributed by atoms with E-state index in [1.807, 2.05) is 58.0 Å². The maximum absolute atomic E-state index is 12.9. The molecule has 154 valence electrons. The van der Waals surface area contributed by atoms with Crippen LogP contribution in [0, 0.1) is 0 Å². The number of carbonyl (C=O) groups excluding carboxylic acids is 1. The Hall–Kier alpha value is -3.45. The van der Waals surface area contributed by atoms with Gasteiger partial charge in [-0.1, -0.05) is 54.2 Å². The van der Waals surface area contributed by atoms with Crippen molar-refractivity contribution in [2.45, 2.75) is 18.1 Å². The summed E-state index contributed by atoms with van der Waals surface area (Å²) in [5, 5.41) is 9.53. The summed E-state index contributed by atoms with van der Waals surface area (Å²) in [7, 11) is 0. The first-order chi connectivity index (χ1) is 15.3. The number of nitrogens with zero attached hydrogens (tertiary/aromatic N) is 5. The molecule has 0 fully saturated rings. The molecule has 1 amide bonds. The first-order valence-corrected chi connectivity index (χ1v) is 11.2. The Bertz CT molecular complexity index is 1190. The minimum absolute atomic E-state index is 0.118. The van der Waals surface area contributed by atoms with E-state index in [0.717, 1.165) is 30.0 Å². The van der Waals surface area contributed by atoms with Crippen molar-refractivity contribution in [3.63, 3.8) is 0 Å². The molecule has 1 aliphatic heterocycles. The van der Waals surface area contributed by atoms with E-state index in [1.54, 1.807) is 12.4 Å². The molecule has 31 heavy (non-hydrogen) atoms. The first kappa shape index (κ1) is 19.5. The highest BCUT2D eigenvalue weighted by atomic mass is 32.2. The van der Waals surface area contributed by atoms with Crippen LogP contribution in [0.5, 0.6) is 0 Å². The highest BCUT2D eigenvalue weighted by molar-refractivity contribution is 7.99. The number of fused-ring (bicyclic) bond motifs is 1. The molecule has 0 radical (unpaired) electrons. The number of benzene rings is 2. The Labute approximate surface area is 185 Å². The lowest BCUT2D eigenvalue weighted by Crippen LogP contribution is -2.37. The maximum Gasteiger partial charge on any atom is 0.233 e. The topological polar surface area (TPSA) is 63.9 Å². The molecule has 0 saturated heterocycles. The molecule has 0 N–H and O–H groups in total. The number of thioether (sulfide) groups is 1. The van der Waals surface area contributed by atoms with Gasteiger partial charge in [-0.3, -0.25) is 14.3 Å². The first-order valence-electron chi connectivity index (χ1n) is 10.2. The second-order valence-electron chi connectivity index (χ2n) is 7.34. The molecule has 0 bridgehead atoms. The number of hydrogen-bond donors (Lipinski definition) is 0. The number of hydrogen-bond acceptors (Lipinski definition) is 5. The van der Waals surface area contributed by atoms with E-state index in [0.29, 0.717) is 17.5 Å². The third-order valence-corrected chi connectivity index (χ3v) is 6.31. The molecule has 0 atom stereocenters. The van der Waals surface area contributed by atoms with E-state index in [2.05, 4.69) is 33.4 Å². The summed E-state index contributed by atoms with van der Waals surface area (Å²) in [5.74, 6) is 1.17. The van der Waals surface area contributed by atoms with Gasteiger partial charge in [0.1, 0.15) is 0 Å². The predicted octanol–water partition coefficient (Wildman–Crippen LogP) is 4.01. The van der Waals surface area contributed by atoms with Gasteiger partial charge in [-0.05, 0) is 41.8 Å². The van der Waals surface area contributed by atoms with Crippen LogP contribution in [0.25, 0.3) is 17.1 Å². The largest absolute Gasteiger partial charge is 0.337 e. The van der Waals surface area contributed by atoms with E-state index < -0.39 is 0 Å². The van der Waals surface area contributed by atoms with Crippen molar-refractivity contribution in [2.75, 3.05) is 12.3 Å². The molecule has 2 aromatic carbocycles. The molecule has 7 heteroatoms. The quantitative estimate of drug-likeness (QED) is 0.451. The lowest BCUT2D eigenvalue weighted by molar-refractivity contribution is -0.129. The third-order valence-electron chi connectivity index (χ3n) is 5.39. The van der Waals surface area contributed by atoms with Crippen LogP contribution in [0.2, 0.25) is 0 Å². The smallest absolute Gasteiger partial charge is 0.233 e. The van der Waals surface area contributed by atoms with Gasteiger partial charge in [0.05, 0.1) is 5.75 Å². The van der Waals surface area contributed by atoms with E-state index >= 15 is 0 Å². The molecule has 0 spiro atoms. The molecule has 6 nitrogen and oxygen atoms in total. The number of para-hydroxylation sites is 1. The Kier molecular flexibility index (Phi) is 5.50.